The topological polar surface area (TPSA) is 111 Å². The van der Waals surface area contributed by atoms with Crippen LogP contribution in [0, 0.1) is 5.92 Å². The van der Waals surface area contributed by atoms with Crippen molar-refractivity contribution in [3.05, 3.63) is 35.9 Å². The first-order valence-electron chi connectivity index (χ1n) is 9.61. The first-order valence-corrected chi connectivity index (χ1v) is 9.61. The highest BCUT2D eigenvalue weighted by Gasteiger charge is 2.39. The van der Waals surface area contributed by atoms with E-state index >= 15 is 0 Å². The number of nitrogens with one attached hydrogen (secondary N) is 1. The van der Waals surface area contributed by atoms with Crippen molar-refractivity contribution < 1.29 is 23.9 Å². The molecule has 3 N–H and O–H groups in total. The second-order valence-corrected chi connectivity index (χ2v) is 7.55. The number of ether oxygens (including phenoxy) is 2. The normalized spacial score (nSPS) is 16.0. The molecule has 1 aliphatic rings. The van der Waals surface area contributed by atoms with Crippen LogP contribution in [-0.2, 0) is 19.1 Å². The molecule has 158 valence electrons. The van der Waals surface area contributed by atoms with Crippen molar-refractivity contribution in [3.8, 4) is 0 Å². The summed E-state index contributed by atoms with van der Waals surface area (Å²) in [6, 6.07) is 7.00. The van der Waals surface area contributed by atoms with Crippen LogP contribution in [0.25, 0.3) is 6.08 Å². The number of esters is 1. The molecule has 1 aromatic carbocycles. The van der Waals surface area contributed by atoms with Gasteiger partial charge in [-0.15, -0.1) is 0 Å². The van der Waals surface area contributed by atoms with Gasteiger partial charge in [-0.1, -0.05) is 26.0 Å². The summed E-state index contributed by atoms with van der Waals surface area (Å²) in [5.74, 6) is -0.456. The van der Waals surface area contributed by atoms with Crippen molar-refractivity contribution in [3.63, 3.8) is 0 Å². The molecule has 2 amide bonds. The van der Waals surface area contributed by atoms with Gasteiger partial charge in [0.15, 0.2) is 0 Å². The molecular formula is C21H29N3O5. The Morgan fingerprint density at radius 1 is 1.21 bits per heavy atom. The Morgan fingerprint density at radius 2 is 1.83 bits per heavy atom. The fourth-order valence-electron chi connectivity index (χ4n) is 2.81. The molecule has 0 saturated carbocycles. The molecule has 0 bridgehead atoms. The van der Waals surface area contributed by atoms with Gasteiger partial charge in [0.05, 0.1) is 19.3 Å². The van der Waals surface area contributed by atoms with E-state index in [1.54, 1.807) is 35.2 Å². The number of hydrogen-bond donors (Lipinski definition) is 2. The first kappa shape index (κ1) is 22.4. The predicted molar refractivity (Wildman–Crippen MR) is 110 cm³/mol. The summed E-state index contributed by atoms with van der Waals surface area (Å²) in [5, 5.41) is 2.83. The number of carbonyl (C=O) groups excluding carboxylic acids is 3. The molecule has 0 unspecified atom stereocenters. The van der Waals surface area contributed by atoms with Crippen molar-refractivity contribution in [1.29, 1.82) is 0 Å². The third-order valence-corrected chi connectivity index (χ3v) is 4.69. The van der Waals surface area contributed by atoms with Crippen molar-refractivity contribution in [2.24, 2.45) is 11.7 Å². The van der Waals surface area contributed by atoms with Crippen molar-refractivity contribution in [2.75, 3.05) is 32.1 Å². The first-order chi connectivity index (χ1) is 13.7. The number of nitrogens with two attached hydrogens (primary N) is 1. The minimum absolute atomic E-state index is 0.269. The summed E-state index contributed by atoms with van der Waals surface area (Å²) < 4.78 is 9.78. The summed E-state index contributed by atoms with van der Waals surface area (Å²) in [7, 11) is 1.31. The van der Waals surface area contributed by atoms with Crippen molar-refractivity contribution >= 4 is 29.7 Å². The Bertz CT molecular complexity index is 750. The van der Waals surface area contributed by atoms with E-state index in [4.69, 9.17) is 10.5 Å². The van der Waals surface area contributed by atoms with Crippen LogP contribution in [0.15, 0.2) is 30.3 Å². The van der Waals surface area contributed by atoms with E-state index in [0.717, 1.165) is 5.56 Å². The largest absolute Gasteiger partial charge is 0.466 e. The zero-order valence-corrected chi connectivity index (χ0v) is 17.1. The van der Waals surface area contributed by atoms with Crippen LogP contribution in [0.5, 0.6) is 0 Å². The molecule has 8 nitrogen and oxygen atoms in total. The molecule has 1 heterocycles. The SMILES string of the molecule is COC(=O)/C=C/c1ccc(NC(=O)C2(N)CCN(C(=O)OCC(C)C)CC2)cc1. The van der Waals surface area contributed by atoms with Crippen molar-refractivity contribution in [1.82, 2.24) is 4.90 Å². The number of likely N-dealkylation sites (tertiary alicyclic amines) is 1. The molecule has 0 aromatic heterocycles. The summed E-state index contributed by atoms with van der Waals surface area (Å²) in [5.41, 5.74) is 6.67. The third-order valence-electron chi connectivity index (χ3n) is 4.69. The molecule has 1 aromatic rings. The average Bonchev–Trinajstić information content (AvgIpc) is 2.71. The van der Waals surface area contributed by atoms with E-state index in [1.165, 1.54) is 13.2 Å². The molecule has 2 rings (SSSR count). The molecule has 0 spiro atoms. The van der Waals surface area contributed by atoms with Gasteiger partial charge in [-0.05, 0) is 42.5 Å². The number of rotatable bonds is 6. The fraction of sp³-hybridized carbons (Fsp3) is 0.476. The Kier molecular flexibility index (Phi) is 7.78. The number of piperidine rings is 1. The number of carbonyl (C=O) groups is 3. The van der Waals surface area contributed by atoms with Gasteiger partial charge in [-0.25, -0.2) is 9.59 Å². The smallest absolute Gasteiger partial charge is 0.409 e. The van der Waals surface area contributed by atoms with Crippen LogP contribution >= 0.6 is 0 Å². The molecule has 1 aliphatic heterocycles. The van der Waals surface area contributed by atoms with E-state index in [9.17, 15) is 14.4 Å². The Labute approximate surface area is 171 Å². The summed E-state index contributed by atoms with van der Waals surface area (Å²) in [6.45, 7) is 5.06. The van der Waals surface area contributed by atoms with E-state index in [-0.39, 0.29) is 17.9 Å². The summed E-state index contributed by atoms with van der Waals surface area (Å²) in [4.78, 5) is 37.4. The zero-order chi connectivity index (χ0) is 21.4. The van der Waals surface area contributed by atoms with Gasteiger partial charge in [0.25, 0.3) is 0 Å². The Balaban J connectivity index is 1.88. The van der Waals surface area contributed by atoms with E-state index < -0.39 is 11.5 Å². The van der Waals surface area contributed by atoms with Crippen LogP contribution in [0.4, 0.5) is 10.5 Å². The average molecular weight is 403 g/mol. The summed E-state index contributed by atoms with van der Waals surface area (Å²) in [6.07, 6.45) is 3.29. The lowest BCUT2D eigenvalue weighted by atomic mass is 9.87. The minimum atomic E-state index is -1.04. The van der Waals surface area contributed by atoms with Crippen molar-refractivity contribution in [2.45, 2.75) is 32.2 Å². The van der Waals surface area contributed by atoms with Gasteiger partial charge in [-0.3, -0.25) is 4.79 Å². The van der Waals surface area contributed by atoms with Crippen LogP contribution < -0.4 is 11.1 Å². The van der Waals surface area contributed by atoms with E-state index in [2.05, 4.69) is 10.1 Å². The number of nitrogens with zero attached hydrogens (tertiary/aromatic N) is 1. The zero-order valence-electron chi connectivity index (χ0n) is 17.1. The third kappa shape index (κ3) is 6.60. The van der Waals surface area contributed by atoms with Gasteiger partial charge in [0, 0.05) is 24.9 Å². The Hall–Kier alpha value is -2.87. The molecule has 0 atom stereocenters. The lowest BCUT2D eigenvalue weighted by Gasteiger charge is -2.37. The number of benzene rings is 1. The maximum Gasteiger partial charge on any atom is 0.409 e. The van der Waals surface area contributed by atoms with Gasteiger partial charge in [0.2, 0.25) is 5.91 Å². The molecular weight excluding hydrogens is 374 g/mol. The van der Waals surface area contributed by atoms with Gasteiger partial charge < -0.3 is 25.4 Å². The maximum absolute atomic E-state index is 12.7. The van der Waals surface area contributed by atoms with Gasteiger partial charge in [-0.2, -0.15) is 0 Å². The molecule has 29 heavy (non-hydrogen) atoms. The van der Waals surface area contributed by atoms with E-state index in [0.29, 0.717) is 38.2 Å². The fourth-order valence-corrected chi connectivity index (χ4v) is 2.81. The standard InChI is InChI=1S/C21H29N3O5/c1-15(2)14-29-20(27)24-12-10-21(22,11-13-24)19(26)23-17-7-4-16(5-8-17)6-9-18(25)28-3/h4-9,15H,10-14,22H2,1-3H3,(H,23,26)/b9-6+. The lowest BCUT2D eigenvalue weighted by molar-refractivity contribution is -0.134. The van der Waals surface area contributed by atoms with Crippen LogP contribution in [-0.4, -0.2) is 55.2 Å². The monoisotopic (exact) mass is 403 g/mol. The molecule has 8 heteroatoms. The van der Waals surface area contributed by atoms with Crippen LogP contribution in [0.2, 0.25) is 0 Å². The summed E-state index contributed by atoms with van der Waals surface area (Å²) >= 11 is 0. The lowest BCUT2D eigenvalue weighted by Crippen LogP contribution is -2.58. The highest BCUT2D eigenvalue weighted by molar-refractivity contribution is 5.98. The van der Waals surface area contributed by atoms with Crippen LogP contribution in [0.1, 0.15) is 32.3 Å². The number of amides is 2. The highest BCUT2D eigenvalue weighted by atomic mass is 16.6. The number of methoxy groups -OCH3 is 1. The second-order valence-electron chi connectivity index (χ2n) is 7.55. The van der Waals surface area contributed by atoms with Crippen LogP contribution in [0.3, 0.4) is 0 Å². The molecule has 0 radical (unpaired) electrons. The van der Waals surface area contributed by atoms with Gasteiger partial charge >= 0.3 is 12.1 Å². The van der Waals surface area contributed by atoms with Gasteiger partial charge in [0.1, 0.15) is 0 Å². The number of hydrogen-bond acceptors (Lipinski definition) is 6. The minimum Gasteiger partial charge on any atom is -0.466 e. The Morgan fingerprint density at radius 3 is 2.38 bits per heavy atom. The second kappa shape index (κ2) is 10.1. The molecule has 0 aliphatic carbocycles. The van der Waals surface area contributed by atoms with E-state index in [1.807, 2.05) is 13.8 Å². The maximum atomic E-state index is 12.7. The molecule has 1 saturated heterocycles. The highest BCUT2D eigenvalue weighted by Crippen LogP contribution is 2.23. The predicted octanol–water partition coefficient (Wildman–Crippen LogP) is 2.40. The number of anilines is 1. The quantitative estimate of drug-likeness (QED) is 0.557. The molecule has 1 fully saturated rings.